The van der Waals surface area contributed by atoms with Gasteiger partial charge in [-0.15, -0.1) is 11.3 Å². The zero-order valence-electron chi connectivity index (χ0n) is 13.1. The number of aromatic nitrogens is 2. The predicted molar refractivity (Wildman–Crippen MR) is 92.8 cm³/mol. The zero-order valence-corrected chi connectivity index (χ0v) is 14.0. The van der Waals surface area contributed by atoms with Crippen molar-refractivity contribution in [3.8, 4) is 22.8 Å². The Balaban J connectivity index is 1.82. The fraction of sp³-hybridized carbons (Fsp3) is 0.118. The molecule has 2 aromatic heterocycles. The first-order valence-electron chi connectivity index (χ1n) is 7.10. The third-order valence-corrected chi connectivity index (χ3v) is 4.09. The number of benzene rings is 1. The summed E-state index contributed by atoms with van der Waals surface area (Å²) in [6.45, 7) is 0. The summed E-state index contributed by atoms with van der Waals surface area (Å²) in [4.78, 5) is 20.5. The number of carbonyl (C=O) groups excluding carboxylic acids is 1. The second-order valence-corrected chi connectivity index (χ2v) is 5.66. The zero-order chi connectivity index (χ0) is 16.9. The van der Waals surface area contributed by atoms with Gasteiger partial charge in [0.2, 0.25) is 0 Å². The van der Waals surface area contributed by atoms with Gasteiger partial charge in [0.05, 0.1) is 25.5 Å². The van der Waals surface area contributed by atoms with Gasteiger partial charge in [-0.1, -0.05) is 0 Å². The third-order valence-electron chi connectivity index (χ3n) is 3.33. The molecule has 3 rings (SSSR count). The molecule has 7 heteroatoms. The summed E-state index contributed by atoms with van der Waals surface area (Å²) in [5.74, 6) is 1.12. The summed E-state index contributed by atoms with van der Waals surface area (Å²) < 4.78 is 10.6. The summed E-state index contributed by atoms with van der Waals surface area (Å²) in [6.07, 6.45) is 3.13. The number of nitrogens with one attached hydrogen (secondary N) is 1. The van der Waals surface area contributed by atoms with Crippen LogP contribution in [0.5, 0.6) is 11.5 Å². The Morgan fingerprint density at radius 3 is 2.79 bits per heavy atom. The van der Waals surface area contributed by atoms with Gasteiger partial charge >= 0.3 is 0 Å². The molecule has 1 amide bonds. The molecule has 6 nitrogen and oxygen atoms in total. The monoisotopic (exact) mass is 341 g/mol. The molecule has 1 aromatic carbocycles. The second-order valence-electron chi connectivity index (χ2n) is 4.80. The van der Waals surface area contributed by atoms with Crippen molar-refractivity contribution in [3.05, 3.63) is 53.7 Å². The lowest BCUT2D eigenvalue weighted by atomic mass is 10.1. The van der Waals surface area contributed by atoms with E-state index >= 15 is 0 Å². The van der Waals surface area contributed by atoms with E-state index in [4.69, 9.17) is 9.47 Å². The number of anilines is 1. The lowest BCUT2D eigenvalue weighted by Gasteiger charge is -2.08. The van der Waals surface area contributed by atoms with E-state index in [9.17, 15) is 4.79 Å². The minimum Gasteiger partial charge on any atom is -0.497 e. The molecule has 2 heterocycles. The number of rotatable bonds is 5. The van der Waals surface area contributed by atoms with E-state index in [-0.39, 0.29) is 5.91 Å². The van der Waals surface area contributed by atoms with Gasteiger partial charge in [-0.2, -0.15) is 0 Å². The Morgan fingerprint density at radius 1 is 1.21 bits per heavy atom. The average molecular weight is 341 g/mol. The summed E-state index contributed by atoms with van der Waals surface area (Å²) in [5.41, 5.74) is 2.04. The number of amides is 1. The summed E-state index contributed by atoms with van der Waals surface area (Å²) in [6, 6.07) is 8.92. The van der Waals surface area contributed by atoms with Gasteiger partial charge in [0.15, 0.2) is 5.13 Å². The number of hydrogen-bond acceptors (Lipinski definition) is 6. The quantitative estimate of drug-likeness (QED) is 0.769. The van der Waals surface area contributed by atoms with Crippen LogP contribution in [0.1, 0.15) is 10.4 Å². The van der Waals surface area contributed by atoms with Crippen molar-refractivity contribution in [3.63, 3.8) is 0 Å². The molecular weight excluding hydrogens is 326 g/mol. The van der Waals surface area contributed by atoms with Crippen molar-refractivity contribution in [2.24, 2.45) is 0 Å². The number of thiazole rings is 1. The Labute approximate surface area is 143 Å². The van der Waals surface area contributed by atoms with Crippen LogP contribution in [0.4, 0.5) is 5.13 Å². The van der Waals surface area contributed by atoms with E-state index < -0.39 is 0 Å². The van der Waals surface area contributed by atoms with Gasteiger partial charge in [-0.05, 0) is 24.3 Å². The number of pyridine rings is 1. The Hall–Kier alpha value is -2.93. The van der Waals surface area contributed by atoms with Crippen LogP contribution in [0.25, 0.3) is 11.3 Å². The van der Waals surface area contributed by atoms with E-state index in [1.807, 2.05) is 17.5 Å². The molecule has 0 fully saturated rings. The van der Waals surface area contributed by atoms with E-state index in [1.54, 1.807) is 38.6 Å². The summed E-state index contributed by atoms with van der Waals surface area (Å²) >= 11 is 1.35. The first-order chi connectivity index (χ1) is 11.7. The fourth-order valence-corrected chi connectivity index (χ4v) is 2.84. The molecule has 0 spiro atoms. The maximum atomic E-state index is 12.1. The molecule has 0 saturated carbocycles. The molecular formula is C17H15N3O3S. The number of hydrogen-bond donors (Lipinski definition) is 1. The van der Waals surface area contributed by atoms with Crippen LogP contribution < -0.4 is 14.8 Å². The fourth-order valence-electron chi connectivity index (χ4n) is 2.13. The van der Waals surface area contributed by atoms with Crippen LogP contribution in [-0.4, -0.2) is 30.1 Å². The van der Waals surface area contributed by atoms with Crippen molar-refractivity contribution < 1.29 is 14.3 Å². The second kappa shape index (κ2) is 7.10. The van der Waals surface area contributed by atoms with Crippen molar-refractivity contribution in [1.29, 1.82) is 0 Å². The Kier molecular flexibility index (Phi) is 4.72. The standard InChI is InChI=1S/C17H15N3O3S/c1-22-12-5-6-13(15(8-12)23-2)14-10-24-17(19-14)20-16(21)11-4-3-7-18-9-11/h3-10H,1-2H3,(H,19,20,21). The molecule has 0 unspecified atom stereocenters. The number of nitrogens with zero attached hydrogens (tertiary/aromatic N) is 2. The maximum Gasteiger partial charge on any atom is 0.259 e. The maximum absolute atomic E-state index is 12.1. The van der Waals surface area contributed by atoms with Crippen LogP contribution in [0, 0.1) is 0 Å². The average Bonchev–Trinajstić information content (AvgIpc) is 3.10. The van der Waals surface area contributed by atoms with Gasteiger partial charge in [-0.25, -0.2) is 4.98 Å². The molecule has 122 valence electrons. The van der Waals surface area contributed by atoms with Crippen LogP contribution >= 0.6 is 11.3 Å². The van der Waals surface area contributed by atoms with Crippen molar-refractivity contribution in [1.82, 2.24) is 9.97 Å². The molecule has 0 aliphatic carbocycles. The van der Waals surface area contributed by atoms with E-state index in [0.717, 1.165) is 11.3 Å². The topological polar surface area (TPSA) is 73.3 Å². The SMILES string of the molecule is COc1ccc(-c2csc(NC(=O)c3cccnc3)n2)c(OC)c1. The van der Waals surface area contributed by atoms with Gasteiger partial charge in [0, 0.05) is 29.4 Å². The Morgan fingerprint density at radius 2 is 2.08 bits per heavy atom. The lowest BCUT2D eigenvalue weighted by molar-refractivity contribution is 0.102. The lowest BCUT2D eigenvalue weighted by Crippen LogP contribution is -2.11. The molecule has 0 radical (unpaired) electrons. The van der Waals surface area contributed by atoms with E-state index in [1.165, 1.54) is 17.5 Å². The van der Waals surface area contributed by atoms with Gasteiger partial charge < -0.3 is 9.47 Å². The summed E-state index contributed by atoms with van der Waals surface area (Å²) in [5, 5.41) is 5.15. The normalized spacial score (nSPS) is 10.2. The highest BCUT2D eigenvalue weighted by Gasteiger charge is 2.13. The highest BCUT2D eigenvalue weighted by molar-refractivity contribution is 7.14. The molecule has 0 bridgehead atoms. The molecule has 1 N–H and O–H groups in total. The van der Waals surface area contributed by atoms with Crippen LogP contribution in [0.3, 0.4) is 0 Å². The highest BCUT2D eigenvalue weighted by atomic mass is 32.1. The highest BCUT2D eigenvalue weighted by Crippen LogP contribution is 2.34. The molecule has 0 aliphatic heterocycles. The predicted octanol–water partition coefficient (Wildman–Crippen LogP) is 3.47. The van der Waals surface area contributed by atoms with Crippen molar-refractivity contribution in [2.45, 2.75) is 0 Å². The first kappa shape index (κ1) is 15.9. The number of carbonyl (C=O) groups is 1. The molecule has 0 saturated heterocycles. The van der Waals surface area contributed by atoms with Gasteiger partial charge in [-0.3, -0.25) is 15.1 Å². The van der Waals surface area contributed by atoms with E-state index in [2.05, 4.69) is 15.3 Å². The first-order valence-corrected chi connectivity index (χ1v) is 7.98. The van der Waals surface area contributed by atoms with E-state index in [0.29, 0.717) is 22.2 Å². The minimum absolute atomic E-state index is 0.245. The van der Waals surface area contributed by atoms with Crippen LogP contribution in [0.15, 0.2) is 48.1 Å². The largest absolute Gasteiger partial charge is 0.497 e. The summed E-state index contributed by atoms with van der Waals surface area (Å²) in [7, 11) is 3.19. The van der Waals surface area contributed by atoms with Crippen molar-refractivity contribution in [2.75, 3.05) is 19.5 Å². The molecule has 3 aromatic rings. The van der Waals surface area contributed by atoms with Crippen molar-refractivity contribution >= 4 is 22.4 Å². The minimum atomic E-state index is -0.245. The van der Waals surface area contributed by atoms with Crippen LogP contribution in [-0.2, 0) is 0 Å². The molecule has 0 aliphatic rings. The smallest absolute Gasteiger partial charge is 0.259 e. The van der Waals surface area contributed by atoms with Gasteiger partial charge in [0.25, 0.3) is 5.91 Å². The van der Waals surface area contributed by atoms with Crippen LogP contribution in [0.2, 0.25) is 0 Å². The Bertz CT molecular complexity index is 849. The number of ether oxygens (including phenoxy) is 2. The van der Waals surface area contributed by atoms with Gasteiger partial charge in [0.1, 0.15) is 11.5 Å². The third kappa shape index (κ3) is 3.36. The molecule has 24 heavy (non-hydrogen) atoms. The molecule has 0 atom stereocenters. The number of methoxy groups -OCH3 is 2.